The second-order valence-corrected chi connectivity index (χ2v) is 5.73. The largest absolute Gasteiger partial charge is 0.481 e. The fourth-order valence-corrected chi connectivity index (χ4v) is 2.82. The van der Waals surface area contributed by atoms with Gasteiger partial charge in [-0.3, -0.25) is 14.3 Å². The zero-order valence-corrected chi connectivity index (χ0v) is 12.8. The van der Waals surface area contributed by atoms with Crippen LogP contribution in [0.5, 0.6) is 0 Å². The summed E-state index contributed by atoms with van der Waals surface area (Å²) in [5.41, 5.74) is 3.28. The standard InChI is InChI=1S/C17H19N3O3/c21-16(22)9-6-12-4-7-13(8-5-12)19-17(23)14-11-18-20-10-2-1-3-15(14)20/h4-5,7-8,11H,1-3,6,9-10H2,(H,19,23)(H,21,22). The van der Waals surface area contributed by atoms with E-state index in [2.05, 4.69) is 10.4 Å². The van der Waals surface area contributed by atoms with E-state index in [9.17, 15) is 9.59 Å². The molecule has 0 spiro atoms. The molecule has 6 heteroatoms. The molecule has 0 radical (unpaired) electrons. The Balaban J connectivity index is 1.66. The SMILES string of the molecule is O=C(O)CCc1ccc(NC(=O)c2cnn3c2CCCC3)cc1. The molecule has 2 aromatic rings. The zero-order valence-electron chi connectivity index (χ0n) is 12.8. The molecule has 2 heterocycles. The summed E-state index contributed by atoms with van der Waals surface area (Å²) in [6.45, 7) is 0.876. The monoisotopic (exact) mass is 313 g/mol. The normalized spacial score (nSPS) is 13.4. The minimum Gasteiger partial charge on any atom is -0.481 e. The minimum atomic E-state index is -0.812. The molecule has 1 aliphatic rings. The van der Waals surface area contributed by atoms with Gasteiger partial charge >= 0.3 is 5.97 Å². The molecule has 0 bridgehead atoms. The van der Waals surface area contributed by atoms with Crippen molar-refractivity contribution in [1.82, 2.24) is 9.78 Å². The van der Waals surface area contributed by atoms with Crippen molar-refractivity contribution in [2.24, 2.45) is 0 Å². The Morgan fingerprint density at radius 1 is 1.22 bits per heavy atom. The van der Waals surface area contributed by atoms with Gasteiger partial charge in [0.25, 0.3) is 5.91 Å². The lowest BCUT2D eigenvalue weighted by Gasteiger charge is -2.14. The summed E-state index contributed by atoms with van der Waals surface area (Å²) >= 11 is 0. The number of fused-ring (bicyclic) bond motifs is 1. The number of benzene rings is 1. The average Bonchev–Trinajstić information content (AvgIpc) is 2.98. The molecule has 0 saturated carbocycles. The van der Waals surface area contributed by atoms with Crippen LogP contribution in [-0.4, -0.2) is 26.8 Å². The van der Waals surface area contributed by atoms with Gasteiger partial charge in [-0.2, -0.15) is 5.10 Å². The van der Waals surface area contributed by atoms with Crippen LogP contribution in [0.1, 0.15) is 40.9 Å². The van der Waals surface area contributed by atoms with Crippen LogP contribution in [0, 0.1) is 0 Å². The van der Waals surface area contributed by atoms with Crippen molar-refractivity contribution >= 4 is 17.6 Å². The highest BCUT2D eigenvalue weighted by molar-refractivity contribution is 6.05. The summed E-state index contributed by atoms with van der Waals surface area (Å²) in [6, 6.07) is 7.27. The predicted octanol–water partition coefficient (Wildman–Crippen LogP) is 2.49. The van der Waals surface area contributed by atoms with Crippen LogP contribution >= 0.6 is 0 Å². The number of aliphatic carboxylic acids is 1. The topological polar surface area (TPSA) is 84.2 Å². The van der Waals surface area contributed by atoms with Crippen molar-refractivity contribution in [3.63, 3.8) is 0 Å². The molecule has 3 rings (SSSR count). The fourth-order valence-electron chi connectivity index (χ4n) is 2.82. The minimum absolute atomic E-state index is 0.105. The Kier molecular flexibility index (Phi) is 4.41. The van der Waals surface area contributed by atoms with Crippen molar-refractivity contribution in [2.45, 2.75) is 38.6 Å². The Morgan fingerprint density at radius 2 is 2.00 bits per heavy atom. The highest BCUT2D eigenvalue weighted by Gasteiger charge is 2.19. The highest BCUT2D eigenvalue weighted by Crippen LogP contribution is 2.19. The molecule has 1 aromatic carbocycles. The number of aryl methyl sites for hydroxylation is 2. The van der Waals surface area contributed by atoms with E-state index < -0.39 is 5.97 Å². The molecule has 120 valence electrons. The summed E-state index contributed by atoms with van der Waals surface area (Å²) < 4.78 is 1.91. The van der Waals surface area contributed by atoms with Gasteiger partial charge in [-0.1, -0.05) is 12.1 Å². The van der Waals surface area contributed by atoms with Gasteiger partial charge in [0.1, 0.15) is 0 Å². The number of aromatic nitrogens is 2. The molecule has 2 N–H and O–H groups in total. The number of anilines is 1. The van der Waals surface area contributed by atoms with Crippen LogP contribution in [0.25, 0.3) is 0 Å². The molecule has 1 amide bonds. The van der Waals surface area contributed by atoms with Gasteiger partial charge in [-0.05, 0) is 43.4 Å². The van der Waals surface area contributed by atoms with Crippen molar-refractivity contribution < 1.29 is 14.7 Å². The van der Waals surface area contributed by atoms with E-state index in [-0.39, 0.29) is 12.3 Å². The van der Waals surface area contributed by atoms with Gasteiger partial charge in [0, 0.05) is 18.7 Å². The van der Waals surface area contributed by atoms with Crippen LogP contribution in [0.15, 0.2) is 30.5 Å². The molecule has 0 unspecified atom stereocenters. The Hall–Kier alpha value is -2.63. The summed E-state index contributed by atoms with van der Waals surface area (Å²) in [5.74, 6) is -0.959. The number of carboxylic acid groups (broad SMARTS) is 1. The third-order valence-electron chi connectivity index (χ3n) is 4.07. The van der Waals surface area contributed by atoms with Crippen LogP contribution in [0.4, 0.5) is 5.69 Å². The smallest absolute Gasteiger partial charge is 0.303 e. The lowest BCUT2D eigenvalue weighted by atomic mass is 10.1. The van der Waals surface area contributed by atoms with E-state index in [0.717, 1.165) is 37.1 Å². The molecule has 0 aliphatic carbocycles. The maximum absolute atomic E-state index is 12.4. The maximum atomic E-state index is 12.4. The molecule has 6 nitrogen and oxygen atoms in total. The van der Waals surface area contributed by atoms with Crippen LogP contribution in [0.2, 0.25) is 0 Å². The van der Waals surface area contributed by atoms with Gasteiger partial charge in [-0.25, -0.2) is 0 Å². The molecule has 1 aromatic heterocycles. The Morgan fingerprint density at radius 3 is 2.74 bits per heavy atom. The van der Waals surface area contributed by atoms with Crippen molar-refractivity contribution in [3.05, 3.63) is 47.3 Å². The van der Waals surface area contributed by atoms with Gasteiger partial charge in [0.05, 0.1) is 17.5 Å². The van der Waals surface area contributed by atoms with Gasteiger partial charge in [0.15, 0.2) is 0 Å². The first-order valence-electron chi connectivity index (χ1n) is 7.80. The van der Waals surface area contributed by atoms with Gasteiger partial charge in [-0.15, -0.1) is 0 Å². The van der Waals surface area contributed by atoms with Crippen molar-refractivity contribution in [1.29, 1.82) is 0 Å². The first kappa shape index (κ1) is 15.3. The molecule has 0 atom stereocenters. The lowest BCUT2D eigenvalue weighted by molar-refractivity contribution is -0.136. The van der Waals surface area contributed by atoms with E-state index in [1.165, 1.54) is 0 Å². The number of nitrogens with zero attached hydrogens (tertiary/aromatic N) is 2. The summed E-state index contributed by atoms with van der Waals surface area (Å²) in [6.07, 6.45) is 5.31. The summed E-state index contributed by atoms with van der Waals surface area (Å²) in [4.78, 5) is 23.0. The molecule has 0 saturated heterocycles. The number of hydrogen-bond donors (Lipinski definition) is 2. The van der Waals surface area contributed by atoms with Crippen LogP contribution < -0.4 is 5.32 Å². The van der Waals surface area contributed by atoms with E-state index in [0.29, 0.717) is 17.7 Å². The van der Waals surface area contributed by atoms with E-state index in [1.54, 1.807) is 18.3 Å². The second-order valence-electron chi connectivity index (χ2n) is 5.73. The zero-order chi connectivity index (χ0) is 16.2. The maximum Gasteiger partial charge on any atom is 0.303 e. The highest BCUT2D eigenvalue weighted by atomic mass is 16.4. The van der Waals surface area contributed by atoms with Crippen LogP contribution in [0.3, 0.4) is 0 Å². The molecule has 23 heavy (non-hydrogen) atoms. The number of carboxylic acids is 1. The first-order chi connectivity index (χ1) is 11.1. The third-order valence-corrected chi connectivity index (χ3v) is 4.07. The molecule has 0 fully saturated rings. The molecule has 1 aliphatic heterocycles. The van der Waals surface area contributed by atoms with E-state index >= 15 is 0 Å². The van der Waals surface area contributed by atoms with Gasteiger partial charge in [0.2, 0.25) is 0 Å². The number of amides is 1. The number of carbonyl (C=O) groups is 2. The summed E-state index contributed by atoms with van der Waals surface area (Å²) in [7, 11) is 0. The number of nitrogens with one attached hydrogen (secondary N) is 1. The average molecular weight is 313 g/mol. The van der Waals surface area contributed by atoms with Crippen LogP contribution in [-0.2, 0) is 24.2 Å². The lowest BCUT2D eigenvalue weighted by Crippen LogP contribution is -2.17. The summed E-state index contributed by atoms with van der Waals surface area (Å²) in [5, 5.41) is 15.8. The predicted molar refractivity (Wildman–Crippen MR) is 85.5 cm³/mol. The number of hydrogen-bond acceptors (Lipinski definition) is 3. The number of rotatable bonds is 5. The quantitative estimate of drug-likeness (QED) is 0.888. The van der Waals surface area contributed by atoms with Gasteiger partial charge < -0.3 is 10.4 Å². The van der Waals surface area contributed by atoms with Crippen molar-refractivity contribution in [2.75, 3.05) is 5.32 Å². The molecular formula is C17H19N3O3. The Labute approximate surface area is 134 Å². The third kappa shape index (κ3) is 3.59. The Bertz CT molecular complexity index is 719. The van der Waals surface area contributed by atoms with E-state index in [4.69, 9.17) is 5.11 Å². The first-order valence-corrected chi connectivity index (χ1v) is 7.80. The van der Waals surface area contributed by atoms with E-state index in [1.807, 2.05) is 16.8 Å². The molecular weight excluding hydrogens is 294 g/mol. The fraction of sp³-hybridized carbons (Fsp3) is 0.353. The van der Waals surface area contributed by atoms with Crippen molar-refractivity contribution in [3.8, 4) is 0 Å². The second kappa shape index (κ2) is 6.64. The number of carbonyl (C=O) groups excluding carboxylic acids is 1.